The van der Waals surface area contributed by atoms with E-state index >= 15 is 0 Å². The van der Waals surface area contributed by atoms with Crippen molar-refractivity contribution in [2.24, 2.45) is 0 Å². The van der Waals surface area contributed by atoms with Crippen LogP contribution in [0.1, 0.15) is 36.0 Å². The van der Waals surface area contributed by atoms with Gasteiger partial charge >= 0.3 is 0 Å². The zero-order valence-corrected chi connectivity index (χ0v) is 10.7. The highest BCUT2D eigenvalue weighted by Gasteiger charge is 2.16. The second-order valence-corrected chi connectivity index (χ2v) is 4.83. The fraction of sp³-hybridized carbons (Fsp3) is 0.385. The Balaban J connectivity index is 1.88. The molecule has 0 atom stereocenters. The zero-order chi connectivity index (χ0) is 13.0. The molecule has 1 aromatic carbocycles. The number of hydrogen-bond acceptors (Lipinski definition) is 2. The van der Waals surface area contributed by atoms with Crippen LogP contribution < -0.4 is 10.6 Å². The molecule has 0 unspecified atom stereocenters. The molecule has 1 fully saturated rings. The maximum Gasteiger partial charge on any atom is 0.257 e. The van der Waals surface area contributed by atoms with Crippen LogP contribution in [0, 0.1) is 5.82 Å². The van der Waals surface area contributed by atoms with E-state index in [0.29, 0.717) is 11.2 Å². The van der Waals surface area contributed by atoms with Gasteiger partial charge in [0.05, 0.1) is 0 Å². The van der Waals surface area contributed by atoms with Crippen molar-refractivity contribution in [2.45, 2.75) is 31.7 Å². The molecule has 1 amide bonds. The number of rotatable bonds is 2. The lowest BCUT2D eigenvalue weighted by atomic mass is 10.2. The van der Waals surface area contributed by atoms with E-state index in [1.54, 1.807) is 6.07 Å². The highest BCUT2D eigenvalue weighted by Crippen LogP contribution is 2.17. The van der Waals surface area contributed by atoms with Crippen LogP contribution in [-0.4, -0.2) is 17.1 Å². The van der Waals surface area contributed by atoms with Gasteiger partial charge in [0, 0.05) is 11.6 Å². The SMILES string of the molecule is O=C(NC(=S)NC1CCCC1)c1cccc(F)c1. The summed E-state index contributed by atoms with van der Waals surface area (Å²) in [6.07, 6.45) is 4.54. The normalized spacial score (nSPS) is 15.4. The Morgan fingerprint density at radius 2 is 2.06 bits per heavy atom. The van der Waals surface area contributed by atoms with Crippen LogP contribution in [0.25, 0.3) is 0 Å². The molecule has 1 aliphatic rings. The smallest absolute Gasteiger partial charge is 0.257 e. The molecule has 0 spiro atoms. The van der Waals surface area contributed by atoms with E-state index in [4.69, 9.17) is 12.2 Å². The van der Waals surface area contributed by atoms with Crippen molar-refractivity contribution >= 4 is 23.2 Å². The average Bonchev–Trinajstić information content (AvgIpc) is 2.81. The number of hydrogen-bond donors (Lipinski definition) is 2. The van der Waals surface area contributed by atoms with Gasteiger partial charge in [-0.1, -0.05) is 18.9 Å². The summed E-state index contributed by atoms with van der Waals surface area (Å²) in [4.78, 5) is 11.8. The molecule has 0 radical (unpaired) electrons. The highest BCUT2D eigenvalue weighted by atomic mass is 32.1. The van der Waals surface area contributed by atoms with E-state index in [0.717, 1.165) is 12.8 Å². The van der Waals surface area contributed by atoms with Gasteiger partial charge in [-0.05, 0) is 43.3 Å². The lowest BCUT2D eigenvalue weighted by Gasteiger charge is -2.14. The van der Waals surface area contributed by atoms with Gasteiger partial charge in [0.25, 0.3) is 5.91 Å². The van der Waals surface area contributed by atoms with Gasteiger partial charge in [-0.3, -0.25) is 10.1 Å². The lowest BCUT2D eigenvalue weighted by molar-refractivity contribution is 0.0976. The van der Waals surface area contributed by atoms with Crippen LogP contribution in [-0.2, 0) is 0 Å². The van der Waals surface area contributed by atoms with Crippen molar-refractivity contribution in [3.05, 3.63) is 35.6 Å². The van der Waals surface area contributed by atoms with Crippen molar-refractivity contribution in [3.8, 4) is 0 Å². The topological polar surface area (TPSA) is 41.1 Å². The minimum atomic E-state index is -0.433. The second kappa shape index (κ2) is 5.91. The molecule has 96 valence electrons. The van der Waals surface area contributed by atoms with E-state index in [1.807, 2.05) is 0 Å². The molecule has 1 aromatic rings. The maximum absolute atomic E-state index is 13.0. The van der Waals surface area contributed by atoms with E-state index in [2.05, 4.69) is 10.6 Å². The Labute approximate surface area is 111 Å². The molecule has 1 aliphatic carbocycles. The van der Waals surface area contributed by atoms with Crippen molar-refractivity contribution in [1.82, 2.24) is 10.6 Å². The van der Waals surface area contributed by atoms with Crippen molar-refractivity contribution in [2.75, 3.05) is 0 Å². The first-order valence-corrected chi connectivity index (χ1v) is 6.43. The van der Waals surface area contributed by atoms with Crippen molar-refractivity contribution in [3.63, 3.8) is 0 Å². The van der Waals surface area contributed by atoms with E-state index < -0.39 is 5.82 Å². The summed E-state index contributed by atoms with van der Waals surface area (Å²) in [6.45, 7) is 0. The second-order valence-electron chi connectivity index (χ2n) is 4.42. The van der Waals surface area contributed by atoms with Crippen LogP contribution in [0.5, 0.6) is 0 Å². The number of benzene rings is 1. The molecule has 18 heavy (non-hydrogen) atoms. The molecule has 0 aliphatic heterocycles. The minimum absolute atomic E-state index is 0.269. The Morgan fingerprint density at radius 3 is 2.72 bits per heavy atom. The third-order valence-corrected chi connectivity index (χ3v) is 3.22. The quantitative estimate of drug-likeness (QED) is 0.807. The molecule has 2 N–H and O–H groups in total. The summed E-state index contributed by atoms with van der Waals surface area (Å²) in [5.74, 6) is -0.817. The first-order chi connectivity index (χ1) is 8.65. The predicted octanol–water partition coefficient (Wildman–Crippen LogP) is 2.37. The van der Waals surface area contributed by atoms with Crippen LogP contribution in [0.2, 0.25) is 0 Å². The van der Waals surface area contributed by atoms with Crippen molar-refractivity contribution < 1.29 is 9.18 Å². The van der Waals surface area contributed by atoms with Gasteiger partial charge in [-0.25, -0.2) is 4.39 Å². The Kier molecular flexibility index (Phi) is 4.25. The number of nitrogens with one attached hydrogen (secondary N) is 2. The molecule has 0 heterocycles. The minimum Gasteiger partial charge on any atom is -0.360 e. The molecule has 3 nitrogen and oxygen atoms in total. The molecule has 2 rings (SSSR count). The summed E-state index contributed by atoms with van der Waals surface area (Å²) < 4.78 is 13.0. The Bertz CT molecular complexity index is 458. The summed E-state index contributed by atoms with van der Waals surface area (Å²) in [7, 11) is 0. The molecule has 0 bridgehead atoms. The molecule has 0 saturated heterocycles. The molecule has 1 saturated carbocycles. The predicted molar refractivity (Wildman–Crippen MR) is 71.9 cm³/mol. The Hall–Kier alpha value is -1.49. The Morgan fingerprint density at radius 1 is 1.33 bits per heavy atom. The standard InChI is InChI=1S/C13H15FN2OS/c14-10-5-3-4-9(8-10)12(17)16-13(18)15-11-6-1-2-7-11/h3-5,8,11H,1-2,6-7H2,(H2,15,16,17,18). The fourth-order valence-corrected chi connectivity index (χ4v) is 2.36. The lowest BCUT2D eigenvalue weighted by Crippen LogP contribution is -2.43. The monoisotopic (exact) mass is 266 g/mol. The van der Waals surface area contributed by atoms with Crippen LogP contribution in [0.3, 0.4) is 0 Å². The van der Waals surface area contributed by atoms with Gasteiger partial charge in [0.1, 0.15) is 5.82 Å². The van der Waals surface area contributed by atoms with Crippen molar-refractivity contribution in [1.29, 1.82) is 0 Å². The number of halogens is 1. The molecule has 5 heteroatoms. The van der Waals surface area contributed by atoms with Gasteiger partial charge in [0.15, 0.2) is 5.11 Å². The number of carbonyl (C=O) groups excluding carboxylic acids is 1. The summed E-state index contributed by atoms with van der Waals surface area (Å²) >= 11 is 5.06. The molecule has 0 aromatic heterocycles. The van der Waals surface area contributed by atoms with Crippen LogP contribution >= 0.6 is 12.2 Å². The fourth-order valence-electron chi connectivity index (χ4n) is 2.10. The number of amides is 1. The van der Waals surface area contributed by atoms with E-state index in [-0.39, 0.29) is 11.5 Å². The zero-order valence-electron chi connectivity index (χ0n) is 9.91. The first-order valence-electron chi connectivity index (χ1n) is 6.02. The molecular formula is C13H15FN2OS. The summed E-state index contributed by atoms with van der Waals surface area (Å²) in [5, 5.41) is 5.98. The van der Waals surface area contributed by atoms with Gasteiger partial charge in [-0.2, -0.15) is 0 Å². The van der Waals surface area contributed by atoms with Crippen LogP contribution in [0.4, 0.5) is 4.39 Å². The largest absolute Gasteiger partial charge is 0.360 e. The maximum atomic E-state index is 13.0. The number of thiocarbonyl (C=S) groups is 1. The average molecular weight is 266 g/mol. The van der Waals surface area contributed by atoms with Crippen LogP contribution in [0.15, 0.2) is 24.3 Å². The van der Waals surface area contributed by atoms with E-state index in [9.17, 15) is 9.18 Å². The third kappa shape index (κ3) is 3.50. The summed E-state index contributed by atoms with van der Waals surface area (Å²) in [5.41, 5.74) is 0.269. The van der Waals surface area contributed by atoms with Gasteiger partial charge in [-0.15, -0.1) is 0 Å². The highest BCUT2D eigenvalue weighted by molar-refractivity contribution is 7.80. The molecular weight excluding hydrogens is 251 g/mol. The van der Waals surface area contributed by atoms with E-state index in [1.165, 1.54) is 31.0 Å². The van der Waals surface area contributed by atoms with Gasteiger partial charge in [0.2, 0.25) is 0 Å². The third-order valence-electron chi connectivity index (χ3n) is 3.00. The summed E-state index contributed by atoms with van der Waals surface area (Å²) in [6, 6.07) is 5.89. The number of carbonyl (C=O) groups is 1. The van der Waals surface area contributed by atoms with Gasteiger partial charge < -0.3 is 5.32 Å². The first kappa shape index (κ1) is 13.0.